The Morgan fingerprint density at radius 1 is 1.60 bits per heavy atom. The molecule has 0 amide bonds. The van der Waals surface area contributed by atoms with Gasteiger partial charge in [0, 0.05) is 9.75 Å². The van der Waals surface area contributed by atoms with Crippen molar-refractivity contribution in [3.05, 3.63) is 21.4 Å². The van der Waals surface area contributed by atoms with Crippen molar-refractivity contribution in [2.24, 2.45) is 11.3 Å². The number of rotatable bonds is 3. The van der Waals surface area contributed by atoms with E-state index >= 15 is 0 Å². The summed E-state index contributed by atoms with van der Waals surface area (Å²) < 4.78 is 0. The van der Waals surface area contributed by atoms with Crippen molar-refractivity contribution >= 4 is 27.3 Å². The molecule has 2 unspecified atom stereocenters. The minimum Gasteiger partial charge on any atom is -0.144 e. The van der Waals surface area contributed by atoms with Gasteiger partial charge in [0.05, 0.1) is 4.83 Å². The van der Waals surface area contributed by atoms with Crippen molar-refractivity contribution in [1.29, 1.82) is 0 Å². The van der Waals surface area contributed by atoms with Crippen LogP contribution in [-0.4, -0.2) is 0 Å². The zero-order valence-electron chi connectivity index (χ0n) is 9.93. The number of thiophene rings is 1. The Morgan fingerprint density at radius 2 is 2.20 bits per heavy atom. The van der Waals surface area contributed by atoms with E-state index in [2.05, 4.69) is 49.7 Å². The average molecular weight is 287 g/mol. The molecule has 15 heavy (non-hydrogen) atoms. The van der Waals surface area contributed by atoms with Gasteiger partial charge in [0.1, 0.15) is 0 Å². The van der Waals surface area contributed by atoms with Gasteiger partial charge in [-0.25, -0.2) is 0 Å². The van der Waals surface area contributed by atoms with Gasteiger partial charge in [-0.1, -0.05) is 36.7 Å². The van der Waals surface area contributed by atoms with Crippen molar-refractivity contribution in [3.63, 3.8) is 0 Å². The highest BCUT2D eigenvalue weighted by molar-refractivity contribution is 9.09. The highest BCUT2D eigenvalue weighted by Gasteiger charge is 2.50. The quantitative estimate of drug-likeness (QED) is 0.678. The second-order valence-electron chi connectivity index (χ2n) is 5.30. The summed E-state index contributed by atoms with van der Waals surface area (Å²) in [5, 5.41) is 0. The molecule has 2 atom stereocenters. The van der Waals surface area contributed by atoms with Gasteiger partial charge in [-0.2, -0.15) is 0 Å². The number of alkyl halides is 1. The van der Waals surface area contributed by atoms with Crippen LogP contribution < -0.4 is 0 Å². The second-order valence-corrected chi connectivity index (χ2v) is 7.58. The maximum absolute atomic E-state index is 3.90. The van der Waals surface area contributed by atoms with Gasteiger partial charge >= 0.3 is 0 Å². The SMILES string of the molecule is CCc1cc(C)sc1C(Br)C1CC1(C)C. The highest BCUT2D eigenvalue weighted by Crippen LogP contribution is 2.61. The lowest BCUT2D eigenvalue weighted by Crippen LogP contribution is -1.99. The number of halogens is 1. The van der Waals surface area contributed by atoms with Crippen LogP contribution in [0, 0.1) is 18.3 Å². The summed E-state index contributed by atoms with van der Waals surface area (Å²) in [5.41, 5.74) is 2.10. The van der Waals surface area contributed by atoms with Gasteiger partial charge in [0.15, 0.2) is 0 Å². The smallest absolute Gasteiger partial charge is 0.0525 e. The van der Waals surface area contributed by atoms with Gasteiger partial charge in [0.25, 0.3) is 0 Å². The first-order chi connectivity index (χ1) is 6.95. The lowest BCUT2D eigenvalue weighted by molar-refractivity contribution is 0.556. The molecule has 1 aromatic rings. The molecule has 0 aliphatic heterocycles. The Hall–Kier alpha value is 0.180. The zero-order chi connectivity index (χ0) is 11.2. The summed E-state index contributed by atoms with van der Waals surface area (Å²) in [6.07, 6.45) is 2.53. The largest absolute Gasteiger partial charge is 0.144 e. The molecule has 1 fully saturated rings. The third-order valence-electron chi connectivity index (χ3n) is 3.54. The Morgan fingerprint density at radius 3 is 2.67 bits per heavy atom. The normalized spacial score (nSPS) is 25.3. The van der Waals surface area contributed by atoms with Crippen LogP contribution in [-0.2, 0) is 6.42 Å². The third kappa shape index (κ3) is 2.16. The van der Waals surface area contributed by atoms with Gasteiger partial charge in [0.2, 0.25) is 0 Å². The van der Waals surface area contributed by atoms with Crippen molar-refractivity contribution in [2.75, 3.05) is 0 Å². The fourth-order valence-corrected chi connectivity index (χ4v) is 4.92. The summed E-state index contributed by atoms with van der Waals surface area (Å²) in [7, 11) is 0. The fraction of sp³-hybridized carbons (Fsp3) is 0.692. The minimum absolute atomic E-state index is 0.553. The first-order valence-corrected chi connectivity index (χ1v) is 7.42. The summed E-state index contributed by atoms with van der Waals surface area (Å²) in [6.45, 7) is 9.21. The predicted molar refractivity (Wildman–Crippen MR) is 72.0 cm³/mol. The van der Waals surface area contributed by atoms with Crippen molar-refractivity contribution in [3.8, 4) is 0 Å². The molecule has 0 nitrogen and oxygen atoms in total. The predicted octanol–water partition coefficient (Wildman–Crippen LogP) is 5.10. The van der Waals surface area contributed by atoms with Crippen LogP contribution in [0.3, 0.4) is 0 Å². The summed E-state index contributed by atoms with van der Waals surface area (Å²) in [6, 6.07) is 2.35. The van der Waals surface area contributed by atoms with Crippen LogP contribution in [0.5, 0.6) is 0 Å². The van der Waals surface area contributed by atoms with Crippen molar-refractivity contribution in [2.45, 2.75) is 45.4 Å². The first kappa shape index (κ1) is 11.7. The van der Waals surface area contributed by atoms with Crippen LogP contribution in [0.1, 0.15) is 47.3 Å². The molecule has 84 valence electrons. The van der Waals surface area contributed by atoms with Crippen molar-refractivity contribution < 1.29 is 0 Å². The molecular weight excluding hydrogens is 268 g/mol. The van der Waals surface area contributed by atoms with Crippen LogP contribution in [0.15, 0.2) is 6.07 Å². The van der Waals surface area contributed by atoms with Crippen LogP contribution in [0.25, 0.3) is 0 Å². The highest BCUT2D eigenvalue weighted by atomic mass is 79.9. The number of hydrogen-bond donors (Lipinski definition) is 0. The second kappa shape index (κ2) is 3.89. The number of aryl methyl sites for hydroxylation is 2. The van der Waals surface area contributed by atoms with E-state index in [1.54, 1.807) is 10.4 Å². The van der Waals surface area contributed by atoms with E-state index in [-0.39, 0.29) is 0 Å². The lowest BCUT2D eigenvalue weighted by atomic mass is 10.0. The molecule has 1 heterocycles. The summed E-state index contributed by atoms with van der Waals surface area (Å²) in [5.74, 6) is 0.834. The summed E-state index contributed by atoms with van der Waals surface area (Å²) in [4.78, 5) is 3.61. The summed E-state index contributed by atoms with van der Waals surface area (Å²) >= 11 is 5.87. The third-order valence-corrected chi connectivity index (χ3v) is 6.11. The monoisotopic (exact) mass is 286 g/mol. The van der Waals surface area contributed by atoms with Gasteiger partial charge in [-0.15, -0.1) is 11.3 Å². The van der Waals surface area contributed by atoms with Crippen LogP contribution in [0.2, 0.25) is 0 Å². The molecule has 1 aromatic heterocycles. The van der Waals surface area contributed by atoms with E-state index in [4.69, 9.17) is 0 Å². The molecule has 2 heteroatoms. The molecule has 1 aliphatic rings. The fourth-order valence-electron chi connectivity index (χ4n) is 2.28. The van der Waals surface area contributed by atoms with E-state index in [0.29, 0.717) is 10.2 Å². The maximum Gasteiger partial charge on any atom is 0.0525 e. The van der Waals surface area contributed by atoms with E-state index in [0.717, 1.165) is 12.3 Å². The molecule has 2 rings (SSSR count). The van der Waals surface area contributed by atoms with Gasteiger partial charge in [-0.05, 0) is 42.7 Å². The zero-order valence-corrected chi connectivity index (χ0v) is 12.3. The Kier molecular flexibility index (Phi) is 3.02. The van der Waals surface area contributed by atoms with Gasteiger partial charge < -0.3 is 0 Å². The topological polar surface area (TPSA) is 0 Å². The lowest BCUT2D eigenvalue weighted by Gasteiger charge is -2.11. The molecular formula is C13H19BrS. The molecule has 1 saturated carbocycles. The van der Waals surface area contributed by atoms with Crippen molar-refractivity contribution in [1.82, 2.24) is 0 Å². The molecule has 0 bridgehead atoms. The Balaban J connectivity index is 2.22. The number of hydrogen-bond acceptors (Lipinski definition) is 1. The Labute approximate surface area is 105 Å². The molecule has 1 aliphatic carbocycles. The Bertz CT molecular complexity index is 365. The molecule has 0 saturated heterocycles. The molecule has 0 radical (unpaired) electrons. The molecule has 0 spiro atoms. The van der Waals surface area contributed by atoms with E-state index in [1.165, 1.54) is 11.3 Å². The average Bonchev–Trinajstić information content (AvgIpc) is 2.63. The van der Waals surface area contributed by atoms with E-state index < -0.39 is 0 Å². The molecule has 0 aromatic carbocycles. The maximum atomic E-state index is 3.90. The standard InChI is InChI=1S/C13H19BrS/c1-5-9-6-8(2)15-12(9)11(14)10-7-13(10,3)4/h6,10-11H,5,7H2,1-4H3. The van der Waals surface area contributed by atoms with E-state index in [1.807, 2.05) is 11.3 Å². The van der Waals surface area contributed by atoms with E-state index in [9.17, 15) is 0 Å². The molecule has 0 N–H and O–H groups in total. The first-order valence-electron chi connectivity index (χ1n) is 5.69. The van der Waals surface area contributed by atoms with Gasteiger partial charge in [-0.3, -0.25) is 0 Å². The minimum atomic E-state index is 0.553. The van der Waals surface area contributed by atoms with Crippen LogP contribution in [0.4, 0.5) is 0 Å². The van der Waals surface area contributed by atoms with Crippen LogP contribution >= 0.6 is 27.3 Å².